The number of fused-ring (bicyclic) bond motifs is 3. The van der Waals surface area contributed by atoms with Gasteiger partial charge < -0.3 is 25.4 Å². The van der Waals surface area contributed by atoms with Gasteiger partial charge in [0.2, 0.25) is 5.91 Å². The Morgan fingerprint density at radius 3 is 2.09 bits per heavy atom. The summed E-state index contributed by atoms with van der Waals surface area (Å²) in [5.41, 5.74) is 4.46. The monoisotopic (exact) mass is 481 g/mol. The Morgan fingerprint density at radius 1 is 0.943 bits per heavy atom. The van der Waals surface area contributed by atoms with E-state index in [1.54, 1.807) is 0 Å². The van der Waals surface area contributed by atoms with Crippen LogP contribution in [-0.2, 0) is 14.3 Å². The number of unbranched alkanes of at least 4 members (excludes halogenated alkanes) is 1. The van der Waals surface area contributed by atoms with Crippen molar-refractivity contribution in [2.24, 2.45) is 0 Å². The zero-order valence-corrected chi connectivity index (χ0v) is 20.6. The molecule has 2 atom stereocenters. The molecule has 0 saturated heterocycles. The number of benzene rings is 2. The predicted octanol–water partition coefficient (Wildman–Crippen LogP) is 3.61. The van der Waals surface area contributed by atoms with Crippen molar-refractivity contribution in [2.45, 2.75) is 50.6 Å². The highest BCUT2D eigenvalue weighted by Crippen LogP contribution is 2.44. The molecule has 188 valence electrons. The minimum absolute atomic E-state index is 0.0902. The van der Waals surface area contributed by atoms with Gasteiger partial charge in [-0.1, -0.05) is 68.3 Å². The Morgan fingerprint density at radius 2 is 1.54 bits per heavy atom. The molecule has 0 aromatic heterocycles. The highest BCUT2D eigenvalue weighted by Gasteiger charge is 2.30. The molecule has 0 spiro atoms. The van der Waals surface area contributed by atoms with E-state index in [1.165, 1.54) is 0 Å². The van der Waals surface area contributed by atoms with Gasteiger partial charge in [-0.05, 0) is 55.7 Å². The van der Waals surface area contributed by atoms with Crippen molar-refractivity contribution >= 4 is 18.0 Å². The number of rotatable bonds is 12. The number of hydrogen-bond donors (Lipinski definition) is 3. The minimum atomic E-state index is -1.08. The van der Waals surface area contributed by atoms with E-state index in [1.807, 2.05) is 62.3 Å². The third-order valence-corrected chi connectivity index (χ3v) is 6.28. The van der Waals surface area contributed by atoms with Crippen LogP contribution < -0.4 is 10.6 Å². The number of ether oxygens (including phenoxy) is 1. The van der Waals surface area contributed by atoms with Gasteiger partial charge in [-0.25, -0.2) is 9.59 Å². The fourth-order valence-electron chi connectivity index (χ4n) is 4.38. The molecule has 0 heterocycles. The second-order valence-corrected chi connectivity index (χ2v) is 9.16. The number of carboxylic acids is 1. The van der Waals surface area contributed by atoms with Gasteiger partial charge in [0.1, 0.15) is 18.7 Å². The molecule has 1 aliphatic rings. The number of carboxylic acid groups (broad SMARTS) is 1. The normalized spacial score (nSPS) is 14.1. The van der Waals surface area contributed by atoms with E-state index < -0.39 is 30.1 Å². The lowest BCUT2D eigenvalue weighted by atomic mass is 9.98. The summed E-state index contributed by atoms with van der Waals surface area (Å²) in [4.78, 5) is 39.1. The number of hydrogen-bond acceptors (Lipinski definition) is 5. The van der Waals surface area contributed by atoms with Crippen LogP contribution in [-0.4, -0.2) is 67.3 Å². The summed E-state index contributed by atoms with van der Waals surface area (Å²) in [6, 6.07) is 14.2. The number of nitrogens with one attached hydrogen (secondary N) is 2. The summed E-state index contributed by atoms with van der Waals surface area (Å²) in [6.45, 7) is 2.63. The molecule has 1 unspecified atom stereocenters. The fourth-order valence-corrected chi connectivity index (χ4v) is 4.38. The van der Waals surface area contributed by atoms with E-state index >= 15 is 0 Å². The summed E-state index contributed by atoms with van der Waals surface area (Å²) in [7, 11) is 3.73. The van der Waals surface area contributed by atoms with Crippen molar-refractivity contribution in [3.05, 3.63) is 59.7 Å². The lowest BCUT2D eigenvalue weighted by Gasteiger charge is -2.23. The van der Waals surface area contributed by atoms with Gasteiger partial charge in [-0.15, -0.1) is 0 Å². The Labute approximate surface area is 206 Å². The van der Waals surface area contributed by atoms with Crippen LogP contribution in [0.15, 0.2) is 48.5 Å². The van der Waals surface area contributed by atoms with Crippen LogP contribution in [0.3, 0.4) is 0 Å². The zero-order valence-electron chi connectivity index (χ0n) is 20.6. The Kier molecular flexibility index (Phi) is 9.25. The van der Waals surface area contributed by atoms with Crippen LogP contribution in [0.4, 0.5) is 4.79 Å². The van der Waals surface area contributed by atoms with Crippen LogP contribution in [0.25, 0.3) is 11.1 Å². The first-order valence-corrected chi connectivity index (χ1v) is 12.1. The van der Waals surface area contributed by atoms with Gasteiger partial charge in [0.05, 0.1) is 0 Å². The first-order chi connectivity index (χ1) is 16.8. The SMILES string of the molecule is CCCC[C@H](NC(=O)C(CCN(C)C)NC(=O)OCC1c2ccccc2-c2ccccc21)C(=O)O. The number of aliphatic carboxylic acids is 1. The highest BCUT2D eigenvalue weighted by molar-refractivity contribution is 5.89. The average Bonchev–Trinajstić information content (AvgIpc) is 3.16. The topological polar surface area (TPSA) is 108 Å². The lowest BCUT2D eigenvalue weighted by Crippen LogP contribution is -2.52. The molecule has 35 heavy (non-hydrogen) atoms. The molecule has 0 aliphatic heterocycles. The molecule has 0 bridgehead atoms. The number of alkyl carbamates (subject to hydrolysis) is 1. The highest BCUT2D eigenvalue weighted by atomic mass is 16.5. The van der Waals surface area contributed by atoms with Gasteiger partial charge in [0.15, 0.2) is 0 Å². The van der Waals surface area contributed by atoms with Crippen LogP contribution >= 0.6 is 0 Å². The molecule has 3 rings (SSSR count). The summed E-state index contributed by atoms with van der Waals surface area (Å²) in [6.07, 6.45) is 1.46. The summed E-state index contributed by atoms with van der Waals surface area (Å²) >= 11 is 0. The van der Waals surface area contributed by atoms with Crippen molar-refractivity contribution < 1.29 is 24.2 Å². The summed E-state index contributed by atoms with van der Waals surface area (Å²) in [5.74, 6) is -1.70. The quantitative estimate of drug-likeness (QED) is 0.428. The number of carbonyl (C=O) groups excluding carboxylic acids is 2. The second-order valence-electron chi connectivity index (χ2n) is 9.16. The number of carbonyl (C=O) groups is 3. The molecule has 1 aliphatic carbocycles. The molecule has 8 nitrogen and oxygen atoms in total. The lowest BCUT2D eigenvalue weighted by molar-refractivity contribution is -0.142. The smallest absolute Gasteiger partial charge is 0.407 e. The van der Waals surface area contributed by atoms with E-state index in [9.17, 15) is 19.5 Å². The van der Waals surface area contributed by atoms with E-state index in [0.29, 0.717) is 25.8 Å². The van der Waals surface area contributed by atoms with Crippen molar-refractivity contribution in [1.82, 2.24) is 15.5 Å². The average molecular weight is 482 g/mol. The molecule has 2 amide bonds. The molecule has 0 radical (unpaired) electrons. The van der Waals surface area contributed by atoms with Gasteiger partial charge in [-0.2, -0.15) is 0 Å². The first-order valence-electron chi connectivity index (χ1n) is 12.1. The maximum Gasteiger partial charge on any atom is 0.407 e. The Balaban J connectivity index is 1.65. The predicted molar refractivity (Wildman–Crippen MR) is 134 cm³/mol. The maximum absolute atomic E-state index is 12.9. The molecule has 0 fully saturated rings. The number of amides is 2. The third kappa shape index (κ3) is 6.82. The molecule has 2 aromatic rings. The minimum Gasteiger partial charge on any atom is -0.480 e. The van der Waals surface area contributed by atoms with Crippen molar-refractivity contribution in [3.8, 4) is 11.1 Å². The molecule has 2 aromatic carbocycles. The van der Waals surface area contributed by atoms with Gasteiger partial charge in [0, 0.05) is 5.92 Å². The summed E-state index contributed by atoms with van der Waals surface area (Å²) in [5, 5.41) is 14.7. The Hall–Kier alpha value is -3.39. The molecule has 0 saturated carbocycles. The fraction of sp³-hybridized carbons (Fsp3) is 0.444. The largest absolute Gasteiger partial charge is 0.480 e. The maximum atomic E-state index is 12.9. The zero-order chi connectivity index (χ0) is 25.4. The Bertz CT molecular complexity index is 993. The second kappa shape index (κ2) is 12.4. The van der Waals surface area contributed by atoms with Gasteiger partial charge in [-0.3, -0.25) is 4.79 Å². The molecular formula is C27H35N3O5. The van der Waals surface area contributed by atoms with E-state index in [4.69, 9.17) is 4.74 Å². The van der Waals surface area contributed by atoms with Crippen LogP contribution in [0, 0.1) is 0 Å². The standard InChI is InChI=1S/C27H35N3O5/c1-4-5-14-24(26(32)33)28-25(31)23(15-16-30(2)3)29-27(34)35-17-22-20-12-8-6-10-18(20)19-11-7-9-13-21(19)22/h6-13,22-24H,4-5,14-17H2,1-3H3,(H,28,31)(H,29,34)(H,32,33)/t23?,24-/m0/s1. The molecular weight excluding hydrogens is 446 g/mol. The number of nitrogens with zero attached hydrogens (tertiary/aromatic N) is 1. The van der Waals surface area contributed by atoms with Gasteiger partial charge >= 0.3 is 12.1 Å². The van der Waals surface area contributed by atoms with Crippen molar-refractivity contribution in [1.29, 1.82) is 0 Å². The van der Waals surface area contributed by atoms with Crippen LogP contribution in [0.5, 0.6) is 0 Å². The van der Waals surface area contributed by atoms with Crippen LogP contribution in [0.1, 0.15) is 49.7 Å². The third-order valence-electron chi connectivity index (χ3n) is 6.28. The van der Waals surface area contributed by atoms with Gasteiger partial charge in [0.25, 0.3) is 0 Å². The van der Waals surface area contributed by atoms with Crippen molar-refractivity contribution in [3.63, 3.8) is 0 Å². The molecule has 8 heteroatoms. The van der Waals surface area contributed by atoms with Crippen LogP contribution in [0.2, 0.25) is 0 Å². The van der Waals surface area contributed by atoms with E-state index in [0.717, 1.165) is 28.7 Å². The van der Waals surface area contributed by atoms with E-state index in [2.05, 4.69) is 22.8 Å². The van der Waals surface area contributed by atoms with Crippen molar-refractivity contribution in [2.75, 3.05) is 27.2 Å². The summed E-state index contributed by atoms with van der Waals surface area (Å²) < 4.78 is 5.58. The first kappa shape index (κ1) is 26.2. The van der Waals surface area contributed by atoms with E-state index in [-0.39, 0.29) is 12.5 Å². The molecule has 3 N–H and O–H groups in total.